The van der Waals surface area contributed by atoms with Crippen LogP contribution < -0.4 is 4.74 Å². The summed E-state index contributed by atoms with van der Waals surface area (Å²) in [7, 11) is 0. The Morgan fingerprint density at radius 3 is 2.49 bits per heavy atom. The van der Waals surface area contributed by atoms with Gasteiger partial charge in [-0.3, -0.25) is 4.79 Å². The van der Waals surface area contributed by atoms with Gasteiger partial charge in [0.15, 0.2) is 6.61 Å². The number of amides is 1. The van der Waals surface area contributed by atoms with E-state index >= 15 is 0 Å². The van der Waals surface area contributed by atoms with E-state index < -0.39 is 0 Å². The van der Waals surface area contributed by atoms with Crippen molar-refractivity contribution < 1.29 is 9.53 Å². The zero-order valence-electron chi connectivity index (χ0n) is 19.5. The minimum absolute atomic E-state index is 0.0761. The number of rotatable bonds is 5. The van der Waals surface area contributed by atoms with Gasteiger partial charge < -0.3 is 4.74 Å². The van der Waals surface area contributed by atoms with Crippen LogP contribution in [0.25, 0.3) is 6.08 Å². The smallest absolute Gasteiger partial charge is 0.281 e. The number of benzene rings is 3. The topological polar surface area (TPSA) is 41.9 Å². The molecular formula is C29H26Cl2N2O2. The van der Waals surface area contributed by atoms with Crippen molar-refractivity contribution in [3.05, 3.63) is 105 Å². The molecule has 3 aromatic rings. The molecule has 1 fully saturated rings. The van der Waals surface area contributed by atoms with Crippen LogP contribution in [0.4, 0.5) is 0 Å². The lowest BCUT2D eigenvalue weighted by molar-refractivity contribution is -0.135. The van der Waals surface area contributed by atoms with Crippen molar-refractivity contribution in [3.8, 4) is 5.75 Å². The molecule has 0 unspecified atom stereocenters. The Hall–Kier alpha value is -3.08. The monoisotopic (exact) mass is 504 g/mol. The van der Waals surface area contributed by atoms with Gasteiger partial charge in [-0.1, -0.05) is 59.6 Å². The molecule has 1 heterocycles. The number of carbonyl (C=O) groups excluding carboxylic acids is 1. The molecule has 0 bridgehead atoms. The summed E-state index contributed by atoms with van der Waals surface area (Å²) < 4.78 is 5.84. The molecular weight excluding hydrogens is 479 g/mol. The Morgan fingerprint density at radius 2 is 1.77 bits per heavy atom. The summed E-state index contributed by atoms with van der Waals surface area (Å²) in [6, 6.07) is 23.0. The third kappa shape index (κ3) is 5.29. The van der Waals surface area contributed by atoms with Gasteiger partial charge in [0.05, 0.1) is 11.8 Å². The third-order valence-electron chi connectivity index (χ3n) is 6.53. The minimum atomic E-state index is -0.190. The van der Waals surface area contributed by atoms with Crippen LogP contribution >= 0.6 is 23.2 Å². The summed E-state index contributed by atoms with van der Waals surface area (Å²) >= 11 is 12.2. The van der Waals surface area contributed by atoms with Gasteiger partial charge in [-0.15, -0.1) is 0 Å². The number of aryl methyl sites for hydroxylation is 1. The van der Waals surface area contributed by atoms with Crippen LogP contribution in [0, 0.1) is 12.8 Å². The maximum atomic E-state index is 13.4. The molecule has 1 aliphatic heterocycles. The van der Waals surface area contributed by atoms with E-state index in [4.69, 9.17) is 33.0 Å². The maximum absolute atomic E-state index is 13.4. The number of allylic oxidation sites excluding steroid dienone is 1. The molecule has 1 amide bonds. The zero-order valence-corrected chi connectivity index (χ0v) is 21.0. The van der Waals surface area contributed by atoms with E-state index in [-0.39, 0.29) is 24.5 Å². The number of carbonyl (C=O) groups is 1. The Morgan fingerprint density at radius 1 is 1.06 bits per heavy atom. The van der Waals surface area contributed by atoms with Gasteiger partial charge in [-0.2, -0.15) is 5.10 Å². The molecule has 35 heavy (non-hydrogen) atoms. The number of nitrogens with zero attached hydrogens (tertiary/aromatic N) is 2. The molecule has 1 saturated carbocycles. The average Bonchev–Trinajstić information content (AvgIpc) is 3.25. The second-order valence-corrected chi connectivity index (χ2v) is 9.92. The minimum Gasteiger partial charge on any atom is -0.484 e. The Labute approximate surface area is 215 Å². The lowest BCUT2D eigenvalue weighted by Crippen LogP contribution is -2.34. The SMILES string of the molecule is Cc1cccc(OCC(=O)N2N=C3/C(=C\c4ccc(Cl)cc4)CCC[C@H]3[C@@H]2c2ccc(Cl)cc2)c1. The first-order valence-electron chi connectivity index (χ1n) is 11.8. The average molecular weight is 505 g/mol. The molecule has 2 atom stereocenters. The van der Waals surface area contributed by atoms with Gasteiger partial charge in [-0.25, -0.2) is 5.01 Å². The zero-order chi connectivity index (χ0) is 24.4. The van der Waals surface area contributed by atoms with Crippen molar-refractivity contribution >= 4 is 40.9 Å². The summed E-state index contributed by atoms with van der Waals surface area (Å²) in [5, 5.41) is 7.91. The van der Waals surface area contributed by atoms with E-state index in [1.165, 1.54) is 0 Å². The molecule has 3 aromatic carbocycles. The summed E-state index contributed by atoms with van der Waals surface area (Å²) in [6.07, 6.45) is 5.09. The van der Waals surface area contributed by atoms with Crippen LogP contribution in [0.2, 0.25) is 10.0 Å². The molecule has 1 aliphatic carbocycles. The van der Waals surface area contributed by atoms with Crippen LogP contribution in [0.5, 0.6) is 5.75 Å². The Balaban J connectivity index is 1.46. The van der Waals surface area contributed by atoms with E-state index in [2.05, 4.69) is 6.08 Å². The van der Waals surface area contributed by atoms with Gasteiger partial charge in [0.25, 0.3) is 5.91 Å². The van der Waals surface area contributed by atoms with Crippen molar-refractivity contribution in [2.75, 3.05) is 6.61 Å². The van der Waals surface area contributed by atoms with Crippen LogP contribution in [0.1, 0.15) is 42.0 Å². The van der Waals surface area contributed by atoms with Crippen LogP contribution in [-0.2, 0) is 4.79 Å². The number of hydrogen-bond donors (Lipinski definition) is 0. The lowest BCUT2D eigenvalue weighted by atomic mass is 9.77. The molecule has 5 rings (SSSR count). The lowest BCUT2D eigenvalue weighted by Gasteiger charge is -2.29. The van der Waals surface area contributed by atoms with Gasteiger partial charge in [-0.05, 0) is 90.9 Å². The Kier molecular flexibility index (Phi) is 6.94. The number of hydrazone groups is 1. The highest BCUT2D eigenvalue weighted by atomic mass is 35.5. The molecule has 178 valence electrons. The van der Waals surface area contributed by atoms with Crippen LogP contribution in [-0.4, -0.2) is 23.2 Å². The molecule has 6 heteroatoms. The van der Waals surface area contributed by atoms with E-state index in [1.807, 2.05) is 79.7 Å². The van der Waals surface area contributed by atoms with Crippen LogP contribution in [0.3, 0.4) is 0 Å². The standard InChI is InChI=1S/C29H26Cl2N2O2/c1-19-4-2-6-25(16-19)35-18-27(34)33-29(21-10-14-24(31)15-11-21)26-7-3-5-22(28(26)32-33)17-20-8-12-23(30)13-9-20/h2,4,6,8-17,26,29H,3,5,7,18H2,1H3/b22-17-/t26-,29+/m1/s1. The predicted molar refractivity (Wildman–Crippen MR) is 142 cm³/mol. The summed E-state index contributed by atoms with van der Waals surface area (Å²) in [5.41, 5.74) is 5.32. The first-order valence-corrected chi connectivity index (χ1v) is 12.6. The van der Waals surface area contributed by atoms with Gasteiger partial charge in [0.1, 0.15) is 5.75 Å². The molecule has 0 aromatic heterocycles. The highest BCUT2D eigenvalue weighted by Gasteiger charge is 2.43. The van der Waals surface area contributed by atoms with Crippen LogP contribution in [0.15, 0.2) is 83.5 Å². The molecule has 4 nitrogen and oxygen atoms in total. The summed E-state index contributed by atoms with van der Waals surface area (Å²) in [5.74, 6) is 0.625. The normalized spacial score (nSPS) is 20.5. The van der Waals surface area contributed by atoms with Crippen molar-refractivity contribution in [1.29, 1.82) is 0 Å². The number of ether oxygens (including phenoxy) is 1. The second kappa shape index (κ2) is 10.3. The fraction of sp³-hybridized carbons (Fsp3) is 0.241. The first-order chi connectivity index (χ1) is 17.0. The highest BCUT2D eigenvalue weighted by molar-refractivity contribution is 6.30. The van der Waals surface area contributed by atoms with E-state index in [0.29, 0.717) is 15.8 Å². The predicted octanol–water partition coefficient (Wildman–Crippen LogP) is 7.50. The van der Waals surface area contributed by atoms with Gasteiger partial charge >= 0.3 is 0 Å². The number of hydrogen-bond acceptors (Lipinski definition) is 3. The van der Waals surface area contributed by atoms with Gasteiger partial charge in [0.2, 0.25) is 0 Å². The quantitative estimate of drug-likeness (QED) is 0.360. The van der Waals surface area contributed by atoms with Crippen molar-refractivity contribution in [2.45, 2.75) is 32.2 Å². The molecule has 0 radical (unpaired) electrons. The van der Waals surface area contributed by atoms with Crippen molar-refractivity contribution in [2.24, 2.45) is 11.0 Å². The summed E-state index contributed by atoms with van der Waals surface area (Å²) in [6.45, 7) is 1.92. The third-order valence-corrected chi connectivity index (χ3v) is 7.04. The van der Waals surface area contributed by atoms with E-state index in [0.717, 1.165) is 47.2 Å². The summed E-state index contributed by atoms with van der Waals surface area (Å²) in [4.78, 5) is 13.4. The van der Waals surface area contributed by atoms with Crippen molar-refractivity contribution in [1.82, 2.24) is 5.01 Å². The number of halogens is 2. The maximum Gasteiger partial charge on any atom is 0.281 e. The fourth-order valence-corrected chi connectivity index (χ4v) is 5.13. The van der Waals surface area contributed by atoms with E-state index in [9.17, 15) is 4.79 Å². The first kappa shape index (κ1) is 23.7. The molecule has 0 spiro atoms. The number of fused-ring (bicyclic) bond motifs is 1. The van der Waals surface area contributed by atoms with E-state index in [1.54, 1.807) is 5.01 Å². The van der Waals surface area contributed by atoms with Gasteiger partial charge in [0, 0.05) is 16.0 Å². The largest absolute Gasteiger partial charge is 0.484 e. The van der Waals surface area contributed by atoms with Crippen molar-refractivity contribution in [3.63, 3.8) is 0 Å². The Bertz CT molecular complexity index is 1280. The molecule has 2 aliphatic rings. The second-order valence-electron chi connectivity index (χ2n) is 9.04. The molecule has 0 saturated heterocycles. The molecule has 0 N–H and O–H groups in total. The fourth-order valence-electron chi connectivity index (χ4n) is 4.88. The highest BCUT2D eigenvalue weighted by Crippen LogP contribution is 2.44.